The summed E-state index contributed by atoms with van der Waals surface area (Å²) in [7, 11) is 0. The number of halogens is 5. The van der Waals surface area contributed by atoms with Crippen LogP contribution in [0, 0.1) is 11.6 Å². The predicted molar refractivity (Wildman–Crippen MR) is 174 cm³/mol. The number of fused-ring (bicyclic) bond motifs is 1. The summed E-state index contributed by atoms with van der Waals surface area (Å²) in [6.07, 6.45) is -2.04. The highest BCUT2D eigenvalue weighted by Gasteiger charge is 2.30. The van der Waals surface area contributed by atoms with Crippen molar-refractivity contribution < 1.29 is 26.7 Å². The second kappa shape index (κ2) is 15.2. The number of nitrogens with zero attached hydrogens (tertiary/aromatic N) is 4. The summed E-state index contributed by atoms with van der Waals surface area (Å²) < 4.78 is 68.8. The zero-order valence-electron chi connectivity index (χ0n) is 27.1. The van der Waals surface area contributed by atoms with Gasteiger partial charge in [0.25, 0.3) is 5.56 Å². The molecule has 1 aromatic heterocycles. The Labute approximate surface area is 276 Å². The normalized spacial score (nSPS) is 12.8. The molecule has 1 amide bonds. The van der Waals surface area contributed by atoms with Crippen LogP contribution in [0.1, 0.15) is 54.0 Å². The van der Waals surface area contributed by atoms with E-state index in [9.17, 15) is 31.5 Å². The minimum absolute atomic E-state index is 0.0429. The lowest BCUT2D eigenvalue weighted by molar-refractivity contribution is -0.137. The van der Waals surface area contributed by atoms with E-state index in [2.05, 4.69) is 23.7 Å². The quantitative estimate of drug-likeness (QED) is 0.147. The van der Waals surface area contributed by atoms with E-state index in [1.165, 1.54) is 24.3 Å². The molecule has 5 rings (SSSR count). The van der Waals surface area contributed by atoms with Crippen molar-refractivity contribution in [3.63, 3.8) is 0 Å². The van der Waals surface area contributed by atoms with E-state index < -0.39 is 23.4 Å². The number of aromatic nitrogens is 2. The van der Waals surface area contributed by atoms with Gasteiger partial charge < -0.3 is 14.4 Å². The summed E-state index contributed by atoms with van der Waals surface area (Å²) in [5.74, 6) is -1.12. The van der Waals surface area contributed by atoms with Gasteiger partial charge >= 0.3 is 6.18 Å². The summed E-state index contributed by atoms with van der Waals surface area (Å²) in [6.45, 7) is 7.12. The van der Waals surface area contributed by atoms with Gasteiger partial charge in [0.2, 0.25) is 5.91 Å². The average Bonchev–Trinajstić information content (AvgIpc) is 3.57. The fourth-order valence-corrected chi connectivity index (χ4v) is 6.21. The fraction of sp³-hybridized carbons (Fsp3) is 0.378. The third-order valence-electron chi connectivity index (χ3n) is 9.05. The Morgan fingerprint density at radius 2 is 1.54 bits per heavy atom. The van der Waals surface area contributed by atoms with Crippen LogP contribution in [0.4, 0.5) is 22.0 Å². The smallest absolute Gasteiger partial charge is 0.336 e. The van der Waals surface area contributed by atoms with Gasteiger partial charge in [-0.3, -0.25) is 9.59 Å². The van der Waals surface area contributed by atoms with Crippen molar-refractivity contribution in [2.75, 3.05) is 26.2 Å². The molecule has 0 N–H and O–H groups in total. The molecule has 1 aliphatic rings. The predicted octanol–water partition coefficient (Wildman–Crippen LogP) is 6.85. The molecular formula is C37H39F5N4O2. The largest absolute Gasteiger partial charge is 0.416 e. The third-order valence-corrected chi connectivity index (χ3v) is 9.05. The lowest BCUT2D eigenvalue weighted by Crippen LogP contribution is -2.40. The van der Waals surface area contributed by atoms with Gasteiger partial charge in [0.1, 0.15) is 24.0 Å². The van der Waals surface area contributed by atoms with Crippen LogP contribution in [0.25, 0.3) is 11.1 Å². The zero-order valence-corrected chi connectivity index (χ0v) is 27.1. The second-order valence-electron chi connectivity index (χ2n) is 12.0. The fourth-order valence-electron chi connectivity index (χ4n) is 6.21. The first kappa shape index (κ1) is 34.9. The standard InChI is InChI=1S/C37H39F5N4O2/c1-3-44(4-2)20-21-45(23-25-8-10-26(11-9-25)27-12-16-29(17-13-27)37(40,41)42)35(47)24-46-33-7-5-6-31(33)36(48)43-34(46)19-15-28-14-18-30(38)22-32(28)39/h8-14,16-18,22H,3-7,15,19-21,23-24H2,1-2H3. The van der Waals surface area contributed by atoms with Gasteiger partial charge in [0.05, 0.1) is 5.56 Å². The number of amides is 1. The van der Waals surface area contributed by atoms with Crippen molar-refractivity contribution in [2.45, 2.75) is 65.2 Å². The minimum Gasteiger partial charge on any atom is -0.336 e. The summed E-state index contributed by atoms with van der Waals surface area (Å²) in [5, 5.41) is 0. The molecule has 11 heteroatoms. The molecule has 0 fully saturated rings. The van der Waals surface area contributed by atoms with Crippen molar-refractivity contribution >= 4 is 5.91 Å². The van der Waals surface area contributed by atoms with Gasteiger partial charge in [-0.15, -0.1) is 0 Å². The number of alkyl halides is 3. The molecule has 254 valence electrons. The number of hydrogen-bond donors (Lipinski definition) is 0. The van der Waals surface area contributed by atoms with E-state index in [1.807, 2.05) is 28.8 Å². The van der Waals surface area contributed by atoms with Gasteiger partial charge in [-0.2, -0.15) is 18.2 Å². The van der Waals surface area contributed by atoms with Gasteiger partial charge in [0, 0.05) is 43.4 Å². The van der Waals surface area contributed by atoms with E-state index in [4.69, 9.17) is 0 Å². The van der Waals surface area contributed by atoms with Crippen molar-refractivity contribution in [2.24, 2.45) is 0 Å². The van der Waals surface area contributed by atoms with Gasteiger partial charge in [0.15, 0.2) is 0 Å². The van der Waals surface area contributed by atoms with Crippen LogP contribution in [-0.4, -0.2) is 51.4 Å². The Bertz CT molecular complexity index is 1780. The Morgan fingerprint density at radius 1 is 0.875 bits per heavy atom. The highest BCUT2D eigenvalue weighted by molar-refractivity contribution is 5.76. The Morgan fingerprint density at radius 3 is 2.17 bits per heavy atom. The number of likely N-dealkylation sites (N-methyl/N-ethyl adjacent to an activating group) is 1. The van der Waals surface area contributed by atoms with Crippen LogP contribution in [0.15, 0.2) is 71.5 Å². The maximum atomic E-state index is 14.4. The number of carbonyl (C=O) groups excluding carboxylic acids is 1. The lowest BCUT2D eigenvalue weighted by atomic mass is 10.0. The van der Waals surface area contributed by atoms with Crippen molar-refractivity contribution in [1.29, 1.82) is 0 Å². The molecule has 1 heterocycles. The molecule has 0 radical (unpaired) electrons. The number of rotatable bonds is 13. The Balaban J connectivity index is 1.38. The molecular weight excluding hydrogens is 627 g/mol. The molecule has 0 saturated carbocycles. The van der Waals surface area contributed by atoms with Crippen LogP contribution >= 0.6 is 0 Å². The minimum atomic E-state index is -4.41. The van der Waals surface area contributed by atoms with Crippen LogP contribution in [0.5, 0.6) is 0 Å². The third kappa shape index (κ3) is 8.36. The Kier molecular flexibility index (Phi) is 11.1. The summed E-state index contributed by atoms with van der Waals surface area (Å²) in [5.41, 5.74) is 2.91. The molecule has 0 bridgehead atoms. The van der Waals surface area contributed by atoms with Crippen LogP contribution in [0.2, 0.25) is 0 Å². The first-order chi connectivity index (χ1) is 23.0. The van der Waals surface area contributed by atoms with Crippen LogP contribution in [0.3, 0.4) is 0 Å². The maximum absolute atomic E-state index is 14.4. The number of benzene rings is 3. The van der Waals surface area contributed by atoms with Crippen molar-refractivity contribution in [1.82, 2.24) is 19.4 Å². The van der Waals surface area contributed by atoms with Gasteiger partial charge in [-0.05, 0) is 79.2 Å². The van der Waals surface area contributed by atoms with E-state index in [0.29, 0.717) is 55.0 Å². The van der Waals surface area contributed by atoms with Crippen LogP contribution < -0.4 is 5.56 Å². The van der Waals surface area contributed by atoms with E-state index >= 15 is 0 Å². The molecule has 0 spiro atoms. The number of aryl methyl sites for hydroxylation is 2. The summed E-state index contributed by atoms with van der Waals surface area (Å²) in [6, 6.07) is 15.8. The molecule has 48 heavy (non-hydrogen) atoms. The number of carbonyl (C=O) groups is 1. The number of hydrogen-bond acceptors (Lipinski definition) is 4. The van der Waals surface area contributed by atoms with E-state index in [1.54, 1.807) is 4.90 Å². The summed E-state index contributed by atoms with van der Waals surface area (Å²) in [4.78, 5) is 35.3. The zero-order chi connectivity index (χ0) is 34.4. The van der Waals surface area contributed by atoms with E-state index in [-0.39, 0.29) is 30.9 Å². The van der Waals surface area contributed by atoms with Crippen LogP contribution in [-0.2, 0) is 49.7 Å². The topological polar surface area (TPSA) is 58.4 Å². The summed E-state index contributed by atoms with van der Waals surface area (Å²) >= 11 is 0. The van der Waals surface area contributed by atoms with Crippen molar-refractivity contribution in [3.05, 3.63) is 122 Å². The van der Waals surface area contributed by atoms with Gasteiger partial charge in [-0.25, -0.2) is 8.78 Å². The molecule has 3 aromatic carbocycles. The van der Waals surface area contributed by atoms with Gasteiger partial charge in [-0.1, -0.05) is 56.3 Å². The highest BCUT2D eigenvalue weighted by Crippen LogP contribution is 2.31. The molecule has 6 nitrogen and oxygen atoms in total. The Hall–Kier alpha value is -4.38. The molecule has 0 saturated heterocycles. The van der Waals surface area contributed by atoms with E-state index in [0.717, 1.165) is 54.5 Å². The average molecular weight is 667 g/mol. The SMILES string of the molecule is CCN(CC)CCN(Cc1ccc(-c2ccc(C(F)(F)F)cc2)cc1)C(=O)Cn1c(CCc2ccc(F)cc2F)nc(=O)c2c1CCC2. The molecule has 1 aliphatic carbocycles. The maximum Gasteiger partial charge on any atom is 0.416 e. The second-order valence-corrected chi connectivity index (χ2v) is 12.0. The monoisotopic (exact) mass is 666 g/mol. The lowest BCUT2D eigenvalue weighted by Gasteiger charge is -2.28. The highest BCUT2D eigenvalue weighted by atomic mass is 19.4. The van der Waals surface area contributed by atoms with Crippen molar-refractivity contribution in [3.8, 4) is 11.1 Å². The molecule has 0 atom stereocenters. The first-order valence-corrected chi connectivity index (χ1v) is 16.3. The first-order valence-electron chi connectivity index (χ1n) is 16.3. The molecule has 4 aromatic rings. The molecule has 0 aliphatic heterocycles. The molecule has 0 unspecified atom stereocenters.